The van der Waals surface area contributed by atoms with E-state index >= 15 is 0 Å². The number of Topliss-reactive ketones (excluding diaryl/α,β-unsaturated/α-hetero) is 1. The minimum absolute atomic E-state index is 0.0112. The summed E-state index contributed by atoms with van der Waals surface area (Å²) < 4.78 is 0. The van der Waals surface area contributed by atoms with Crippen LogP contribution in [0.3, 0.4) is 0 Å². The van der Waals surface area contributed by atoms with Gasteiger partial charge in [0.05, 0.1) is 6.54 Å². The number of hydrogen-bond acceptors (Lipinski definition) is 4. The molecule has 0 radical (unpaired) electrons. The summed E-state index contributed by atoms with van der Waals surface area (Å²) in [6.45, 7) is 6.36. The second kappa shape index (κ2) is 8.54. The minimum atomic E-state index is 0.0112. The van der Waals surface area contributed by atoms with Crippen LogP contribution in [0.2, 0.25) is 0 Å². The molecule has 1 fully saturated rings. The van der Waals surface area contributed by atoms with Crippen molar-refractivity contribution in [1.82, 2.24) is 10.2 Å². The number of rotatable bonds is 7. The van der Waals surface area contributed by atoms with Gasteiger partial charge in [-0.2, -0.15) is 0 Å². The lowest BCUT2D eigenvalue weighted by Crippen LogP contribution is -2.49. The van der Waals surface area contributed by atoms with Gasteiger partial charge in [0.1, 0.15) is 5.78 Å². The molecule has 1 N–H and O–H groups in total. The van der Waals surface area contributed by atoms with Crippen LogP contribution in [-0.2, 0) is 9.59 Å². The van der Waals surface area contributed by atoms with E-state index in [4.69, 9.17) is 0 Å². The second-order valence-electron chi connectivity index (χ2n) is 5.59. The molecule has 0 bridgehead atoms. The zero-order chi connectivity index (χ0) is 15.8. The van der Waals surface area contributed by atoms with E-state index < -0.39 is 0 Å². The third-order valence-corrected chi connectivity index (χ3v) is 3.98. The van der Waals surface area contributed by atoms with Gasteiger partial charge in [0.25, 0.3) is 0 Å². The van der Waals surface area contributed by atoms with Crippen molar-refractivity contribution in [2.24, 2.45) is 0 Å². The molecule has 0 atom stereocenters. The molecular weight excluding hydrogens is 278 g/mol. The molecule has 0 spiro atoms. The number of anilines is 1. The van der Waals surface area contributed by atoms with Crippen molar-refractivity contribution in [3.63, 3.8) is 0 Å². The van der Waals surface area contributed by atoms with Gasteiger partial charge in [-0.25, -0.2) is 0 Å². The van der Waals surface area contributed by atoms with Crippen molar-refractivity contribution in [1.29, 1.82) is 0 Å². The van der Waals surface area contributed by atoms with Crippen LogP contribution in [0.1, 0.15) is 19.8 Å². The van der Waals surface area contributed by atoms with E-state index in [2.05, 4.69) is 27.2 Å². The van der Waals surface area contributed by atoms with Crippen LogP contribution in [0.4, 0.5) is 5.69 Å². The molecule has 1 aromatic rings. The lowest BCUT2D eigenvalue weighted by atomic mass is 10.2. The van der Waals surface area contributed by atoms with Crippen molar-refractivity contribution in [2.45, 2.75) is 19.8 Å². The standard InChI is InChI=1S/C17H25N3O2/c1-2-16(21)8-9-18-17(22)14-19-10-12-20(13-11-19)15-6-4-3-5-7-15/h3-7H,2,8-14H2,1H3,(H,18,22). The van der Waals surface area contributed by atoms with Crippen LogP contribution in [0, 0.1) is 0 Å². The predicted octanol–water partition coefficient (Wildman–Crippen LogP) is 1.29. The van der Waals surface area contributed by atoms with Gasteiger partial charge < -0.3 is 10.2 Å². The van der Waals surface area contributed by atoms with E-state index in [9.17, 15) is 9.59 Å². The molecule has 0 aromatic heterocycles. The van der Waals surface area contributed by atoms with Crippen LogP contribution in [0.25, 0.3) is 0 Å². The molecule has 5 nitrogen and oxygen atoms in total. The van der Waals surface area contributed by atoms with E-state index in [1.165, 1.54) is 5.69 Å². The molecule has 22 heavy (non-hydrogen) atoms. The van der Waals surface area contributed by atoms with Crippen molar-refractivity contribution < 1.29 is 9.59 Å². The summed E-state index contributed by atoms with van der Waals surface area (Å²) in [5.74, 6) is 0.203. The number of piperazine rings is 1. The Labute approximate surface area is 132 Å². The van der Waals surface area contributed by atoms with Gasteiger partial charge in [-0.05, 0) is 12.1 Å². The van der Waals surface area contributed by atoms with Crippen LogP contribution in [0.15, 0.2) is 30.3 Å². The fourth-order valence-corrected chi connectivity index (χ4v) is 2.58. The molecule has 0 aliphatic carbocycles. The molecule has 1 saturated heterocycles. The zero-order valence-corrected chi connectivity index (χ0v) is 13.3. The number of nitrogens with zero attached hydrogens (tertiary/aromatic N) is 2. The monoisotopic (exact) mass is 303 g/mol. The maximum Gasteiger partial charge on any atom is 0.234 e. The summed E-state index contributed by atoms with van der Waals surface area (Å²) in [7, 11) is 0. The van der Waals surface area contributed by atoms with Gasteiger partial charge in [-0.1, -0.05) is 25.1 Å². The summed E-state index contributed by atoms with van der Waals surface area (Å²) in [6.07, 6.45) is 0.974. The number of hydrogen-bond donors (Lipinski definition) is 1. The van der Waals surface area contributed by atoms with Crippen LogP contribution < -0.4 is 10.2 Å². The molecule has 1 amide bonds. The third kappa shape index (κ3) is 5.15. The largest absolute Gasteiger partial charge is 0.369 e. The van der Waals surface area contributed by atoms with E-state index in [0.717, 1.165) is 26.2 Å². The predicted molar refractivity (Wildman–Crippen MR) is 88.0 cm³/mol. The summed E-state index contributed by atoms with van der Waals surface area (Å²) >= 11 is 0. The Morgan fingerprint density at radius 2 is 1.77 bits per heavy atom. The summed E-state index contributed by atoms with van der Waals surface area (Å²) in [6, 6.07) is 10.4. The first-order valence-electron chi connectivity index (χ1n) is 7.99. The average molecular weight is 303 g/mol. The van der Waals surface area contributed by atoms with E-state index in [-0.39, 0.29) is 11.7 Å². The van der Waals surface area contributed by atoms with Gasteiger partial charge >= 0.3 is 0 Å². The maximum atomic E-state index is 11.9. The molecule has 0 unspecified atom stereocenters. The molecule has 1 aromatic carbocycles. The Morgan fingerprint density at radius 3 is 2.41 bits per heavy atom. The maximum absolute atomic E-state index is 11.9. The first-order valence-corrected chi connectivity index (χ1v) is 7.99. The number of benzene rings is 1. The Bertz CT molecular complexity index is 482. The molecule has 120 valence electrons. The molecule has 1 aliphatic heterocycles. The normalized spacial score (nSPS) is 15.6. The molecular formula is C17H25N3O2. The SMILES string of the molecule is CCC(=O)CCNC(=O)CN1CCN(c2ccccc2)CC1. The van der Waals surface area contributed by atoms with Gasteiger partial charge in [0.2, 0.25) is 5.91 Å². The van der Waals surface area contributed by atoms with Crippen LogP contribution >= 0.6 is 0 Å². The van der Waals surface area contributed by atoms with E-state index in [1.54, 1.807) is 0 Å². The van der Waals surface area contributed by atoms with Gasteiger partial charge in [-0.15, -0.1) is 0 Å². The number of nitrogens with one attached hydrogen (secondary N) is 1. The van der Waals surface area contributed by atoms with Gasteiger partial charge in [0, 0.05) is 51.3 Å². The molecule has 1 aliphatic rings. The Morgan fingerprint density at radius 1 is 1.09 bits per heavy atom. The number of ketones is 1. The van der Waals surface area contributed by atoms with Gasteiger partial charge in [-0.3, -0.25) is 14.5 Å². The van der Waals surface area contributed by atoms with E-state index in [0.29, 0.717) is 25.9 Å². The average Bonchev–Trinajstić information content (AvgIpc) is 2.56. The van der Waals surface area contributed by atoms with Crippen LogP contribution in [-0.4, -0.2) is 55.9 Å². The first kappa shape index (κ1) is 16.5. The Hall–Kier alpha value is -1.88. The van der Waals surface area contributed by atoms with Crippen molar-refractivity contribution >= 4 is 17.4 Å². The van der Waals surface area contributed by atoms with E-state index in [1.807, 2.05) is 25.1 Å². The van der Waals surface area contributed by atoms with Gasteiger partial charge in [0.15, 0.2) is 0 Å². The molecule has 2 rings (SSSR count). The zero-order valence-electron chi connectivity index (χ0n) is 13.3. The lowest BCUT2D eigenvalue weighted by Gasteiger charge is -2.35. The number of carbonyl (C=O) groups excluding carboxylic acids is 2. The minimum Gasteiger partial charge on any atom is -0.369 e. The summed E-state index contributed by atoms with van der Waals surface area (Å²) in [4.78, 5) is 27.5. The fraction of sp³-hybridized carbons (Fsp3) is 0.529. The summed E-state index contributed by atoms with van der Waals surface area (Å²) in [5, 5.41) is 2.82. The Balaban J connectivity index is 1.67. The molecule has 0 saturated carbocycles. The fourth-order valence-electron chi connectivity index (χ4n) is 2.58. The molecule has 5 heteroatoms. The smallest absolute Gasteiger partial charge is 0.234 e. The highest BCUT2D eigenvalue weighted by molar-refractivity contribution is 5.81. The lowest BCUT2D eigenvalue weighted by molar-refractivity contribution is -0.122. The first-order chi connectivity index (χ1) is 10.7. The highest BCUT2D eigenvalue weighted by Gasteiger charge is 2.18. The van der Waals surface area contributed by atoms with Crippen molar-refractivity contribution in [2.75, 3.05) is 44.2 Å². The topological polar surface area (TPSA) is 52.7 Å². The summed E-state index contributed by atoms with van der Waals surface area (Å²) in [5.41, 5.74) is 1.24. The number of carbonyl (C=O) groups is 2. The second-order valence-corrected chi connectivity index (χ2v) is 5.59. The molecule has 1 heterocycles. The van der Waals surface area contributed by atoms with Crippen molar-refractivity contribution in [3.05, 3.63) is 30.3 Å². The highest BCUT2D eigenvalue weighted by Crippen LogP contribution is 2.15. The third-order valence-electron chi connectivity index (χ3n) is 3.98. The number of amides is 1. The quantitative estimate of drug-likeness (QED) is 0.825. The Kier molecular flexibility index (Phi) is 6.40. The number of para-hydroxylation sites is 1. The van der Waals surface area contributed by atoms with Crippen molar-refractivity contribution in [3.8, 4) is 0 Å². The van der Waals surface area contributed by atoms with Crippen LogP contribution in [0.5, 0.6) is 0 Å². The highest BCUT2D eigenvalue weighted by atomic mass is 16.2.